The van der Waals surface area contributed by atoms with Crippen LogP contribution < -0.4 is 18.9 Å². The molecule has 0 atom stereocenters. The van der Waals surface area contributed by atoms with Gasteiger partial charge in [-0.1, -0.05) is 48.0 Å². The van der Waals surface area contributed by atoms with Gasteiger partial charge >= 0.3 is 0 Å². The van der Waals surface area contributed by atoms with Gasteiger partial charge < -0.3 is 29.2 Å². The summed E-state index contributed by atoms with van der Waals surface area (Å²) in [6, 6.07) is 22.5. The molecule has 0 aromatic heterocycles. The Labute approximate surface area is 211 Å². The van der Waals surface area contributed by atoms with Gasteiger partial charge in [0, 0.05) is 16.7 Å². The number of phenolic OH excluding ortho intramolecular Hbond substituents is 1. The molecule has 0 radical (unpaired) electrons. The number of methoxy groups -OCH3 is 3. The van der Waals surface area contributed by atoms with Crippen LogP contribution in [0.25, 0.3) is 22.3 Å². The first-order chi connectivity index (χ1) is 17.5. The van der Waals surface area contributed by atoms with Crippen molar-refractivity contribution in [2.24, 2.45) is 0 Å². The fraction of sp³-hybridized carbons (Fsp3) is 0.200. The second-order valence-electron chi connectivity index (χ2n) is 8.36. The number of aryl methyl sites for hydroxylation is 1. The molecule has 0 saturated carbocycles. The van der Waals surface area contributed by atoms with E-state index in [0.717, 1.165) is 22.3 Å². The number of aliphatic hydroxyl groups is 1. The molecule has 0 aliphatic rings. The summed E-state index contributed by atoms with van der Waals surface area (Å²) in [5.41, 5.74) is 5.88. The van der Waals surface area contributed by atoms with Gasteiger partial charge in [-0.25, -0.2) is 0 Å². The van der Waals surface area contributed by atoms with Crippen molar-refractivity contribution >= 4 is 0 Å². The van der Waals surface area contributed by atoms with E-state index >= 15 is 0 Å². The number of hydrogen-bond acceptors (Lipinski definition) is 6. The predicted molar refractivity (Wildman–Crippen MR) is 140 cm³/mol. The average molecular weight is 487 g/mol. The highest BCUT2D eigenvalue weighted by Gasteiger charge is 2.22. The Morgan fingerprint density at radius 1 is 0.694 bits per heavy atom. The number of ether oxygens (including phenoxy) is 4. The molecular weight excluding hydrogens is 456 g/mol. The lowest BCUT2D eigenvalue weighted by molar-refractivity contribution is 0.273. The molecule has 186 valence electrons. The van der Waals surface area contributed by atoms with Crippen molar-refractivity contribution < 1.29 is 29.2 Å². The zero-order valence-electron chi connectivity index (χ0n) is 20.9. The lowest BCUT2D eigenvalue weighted by Gasteiger charge is -2.21. The monoisotopic (exact) mass is 486 g/mol. The number of benzene rings is 4. The van der Waals surface area contributed by atoms with Crippen LogP contribution in [-0.2, 0) is 13.2 Å². The molecule has 2 N–H and O–H groups in total. The first-order valence-corrected chi connectivity index (χ1v) is 11.5. The molecule has 36 heavy (non-hydrogen) atoms. The second kappa shape index (κ2) is 11.1. The zero-order chi connectivity index (χ0) is 25.7. The van der Waals surface area contributed by atoms with Gasteiger partial charge in [0.2, 0.25) is 0 Å². The van der Waals surface area contributed by atoms with E-state index in [1.807, 2.05) is 43.3 Å². The smallest absolute Gasteiger partial charge is 0.161 e. The van der Waals surface area contributed by atoms with Crippen molar-refractivity contribution in [3.8, 4) is 51.0 Å². The summed E-state index contributed by atoms with van der Waals surface area (Å²) in [4.78, 5) is 0. The van der Waals surface area contributed by atoms with Crippen molar-refractivity contribution in [1.82, 2.24) is 0 Å². The molecule has 6 heteroatoms. The van der Waals surface area contributed by atoms with E-state index in [0.29, 0.717) is 40.7 Å². The average Bonchev–Trinajstić information content (AvgIpc) is 2.91. The van der Waals surface area contributed by atoms with Crippen molar-refractivity contribution in [2.75, 3.05) is 21.3 Å². The number of rotatable bonds is 9. The Morgan fingerprint density at radius 3 is 1.97 bits per heavy atom. The molecule has 0 amide bonds. The summed E-state index contributed by atoms with van der Waals surface area (Å²) in [5.74, 6) is 2.43. The minimum absolute atomic E-state index is 0.167. The van der Waals surface area contributed by atoms with Crippen LogP contribution in [0.1, 0.15) is 16.7 Å². The summed E-state index contributed by atoms with van der Waals surface area (Å²) in [6.07, 6.45) is 0. The van der Waals surface area contributed by atoms with E-state index in [2.05, 4.69) is 12.1 Å². The predicted octanol–water partition coefficient (Wildman–Crippen LogP) is 6.13. The highest BCUT2D eigenvalue weighted by molar-refractivity contribution is 5.85. The van der Waals surface area contributed by atoms with Gasteiger partial charge in [0.05, 0.1) is 27.9 Å². The van der Waals surface area contributed by atoms with Gasteiger partial charge in [-0.3, -0.25) is 0 Å². The normalized spacial score (nSPS) is 10.7. The molecule has 0 bridgehead atoms. The summed E-state index contributed by atoms with van der Waals surface area (Å²) in [6.45, 7) is 2.19. The van der Waals surface area contributed by atoms with Crippen LogP contribution in [-0.4, -0.2) is 31.5 Å². The van der Waals surface area contributed by atoms with Gasteiger partial charge in [-0.05, 0) is 53.9 Å². The Balaban J connectivity index is 1.76. The number of phenols is 1. The third-order valence-electron chi connectivity index (χ3n) is 6.07. The minimum Gasteiger partial charge on any atom is -0.508 e. The molecule has 0 spiro atoms. The molecule has 0 heterocycles. The summed E-state index contributed by atoms with van der Waals surface area (Å²) in [5, 5.41) is 20.1. The van der Waals surface area contributed by atoms with E-state index in [9.17, 15) is 10.2 Å². The van der Waals surface area contributed by atoms with Crippen molar-refractivity contribution in [1.29, 1.82) is 0 Å². The number of aromatic hydroxyl groups is 1. The Morgan fingerprint density at radius 2 is 1.36 bits per heavy atom. The topological polar surface area (TPSA) is 77.4 Å². The van der Waals surface area contributed by atoms with E-state index in [4.69, 9.17) is 18.9 Å². The SMILES string of the molecule is COc1cc(-c2c(OC)cc(-c3ccc(O)cc3)c(OC)c2CO)ccc1OCc1ccc(C)cc1. The van der Waals surface area contributed by atoms with Crippen LogP contribution in [0.2, 0.25) is 0 Å². The maximum absolute atomic E-state index is 10.4. The van der Waals surface area contributed by atoms with E-state index < -0.39 is 0 Å². The number of aliphatic hydroxyl groups excluding tert-OH is 1. The molecule has 4 aromatic rings. The third kappa shape index (κ3) is 5.09. The first-order valence-electron chi connectivity index (χ1n) is 11.5. The van der Waals surface area contributed by atoms with Gasteiger partial charge in [0.25, 0.3) is 0 Å². The minimum atomic E-state index is -0.269. The highest BCUT2D eigenvalue weighted by atomic mass is 16.5. The van der Waals surface area contributed by atoms with Gasteiger partial charge in [0.1, 0.15) is 23.9 Å². The van der Waals surface area contributed by atoms with Crippen LogP contribution >= 0.6 is 0 Å². The molecule has 6 nitrogen and oxygen atoms in total. The van der Waals surface area contributed by atoms with E-state index in [1.165, 1.54) is 5.56 Å². The van der Waals surface area contributed by atoms with Gasteiger partial charge in [0.15, 0.2) is 11.5 Å². The lowest BCUT2D eigenvalue weighted by Crippen LogP contribution is -2.02. The van der Waals surface area contributed by atoms with Crippen molar-refractivity contribution in [3.63, 3.8) is 0 Å². The lowest BCUT2D eigenvalue weighted by atomic mass is 9.92. The molecule has 0 unspecified atom stereocenters. The maximum Gasteiger partial charge on any atom is 0.161 e. The largest absolute Gasteiger partial charge is 0.508 e. The van der Waals surface area contributed by atoms with E-state index in [1.54, 1.807) is 45.6 Å². The Bertz CT molecular complexity index is 1330. The van der Waals surface area contributed by atoms with Crippen LogP contribution in [0.5, 0.6) is 28.7 Å². The van der Waals surface area contributed by atoms with Crippen LogP contribution in [0, 0.1) is 6.92 Å². The Kier molecular flexibility index (Phi) is 7.66. The van der Waals surface area contributed by atoms with Crippen LogP contribution in [0.4, 0.5) is 0 Å². The van der Waals surface area contributed by atoms with Crippen molar-refractivity contribution in [2.45, 2.75) is 20.1 Å². The van der Waals surface area contributed by atoms with Crippen LogP contribution in [0.15, 0.2) is 72.8 Å². The second-order valence-corrected chi connectivity index (χ2v) is 8.36. The first kappa shape index (κ1) is 24.9. The quantitative estimate of drug-likeness (QED) is 0.296. The molecular formula is C30H30O6. The standard InChI is InChI=1S/C30H30O6/c1-19-5-7-20(8-6-19)18-36-26-14-11-22(15-27(26)33-2)29-25(17-31)30(35-4)24(16-28(29)34-3)21-9-12-23(32)13-10-21/h5-16,31-32H,17-18H2,1-4H3. The molecule has 4 aromatic carbocycles. The fourth-order valence-corrected chi connectivity index (χ4v) is 4.20. The molecule has 0 saturated heterocycles. The van der Waals surface area contributed by atoms with Crippen LogP contribution in [0.3, 0.4) is 0 Å². The molecule has 0 fully saturated rings. The van der Waals surface area contributed by atoms with Crippen molar-refractivity contribution in [3.05, 3.63) is 89.5 Å². The number of hydrogen-bond donors (Lipinski definition) is 2. The summed E-state index contributed by atoms with van der Waals surface area (Å²) in [7, 11) is 4.75. The molecule has 4 rings (SSSR count). The van der Waals surface area contributed by atoms with Gasteiger partial charge in [-0.15, -0.1) is 0 Å². The molecule has 0 aliphatic carbocycles. The highest BCUT2D eigenvalue weighted by Crippen LogP contribution is 2.46. The van der Waals surface area contributed by atoms with Gasteiger partial charge in [-0.2, -0.15) is 0 Å². The zero-order valence-corrected chi connectivity index (χ0v) is 20.9. The third-order valence-corrected chi connectivity index (χ3v) is 6.07. The summed E-state index contributed by atoms with van der Waals surface area (Å²) >= 11 is 0. The molecule has 0 aliphatic heterocycles. The maximum atomic E-state index is 10.4. The summed E-state index contributed by atoms with van der Waals surface area (Å²) < 4.78 is 23.2. The fourth-order valence-electron chi connectivity index (χ4n) is 4.20. The van der Waals surface area contributed by atoms with E-state index in [-0.39, 0.29) is 12.4 Å². The Hall–Kier alpha value is -4.16.